The highest BCUT2D eigenvalue weighted by molar-refractivity contribution is 5.88. The second-order valence-corrected chi connectivity index (χ2v) is 7.02. The Morgan fingerprint density at radius 2 is 2.05 bits per heavy atom. The van der Waals surface area contributed by atoms with E-state index in [9.17, 15) is 15.0 Å². The van der Waals surface area contributed by atoms with E-state index >= 15 is 0 Å². The van der Waals surface area contributed by atoms with Crippen LogP contribution in [0.15, 0.2) is 23.8 Å². The molecule has 0 heterocycles. The lowest BCUT2D eigenvalue weighted by Gasteiger charge is -2.44. The Kier molecular flexibility index (Phi) is 5.40. The van der Waals surface area contributed by atoms with Gasteiger partial charge in [-0.1, -0.05) is 25.2 Å². The van der Waals surface area contributed by atoms with Gasteiger partial charge in [0.1, 0.15) is 0 Å². The van der Waals surface area contributed by atoms with Crippen molar-refractivity contribution < 1.29 is 19.7 Å². The van der Waals surface area contributed by atoms with E-state index in [0.717, 1.165) is 6.42 Å². The van der Waals surface area contributed by atoms with Crippen molar-refractivity contribution in [3.05, 3.63) is 23.8 Å². The first kappa shape index (κ1) is 17.9. The van der Waals surface area contributed by atoms with Gasteiger partial charge in [0.25, 0.3) is 0 Å². The van der Waals surface area contributed by atoms with Gasteiger partial charge in [-0.15, -0.1) is 0 Å². The van der Waals surface area contributed by atoms with Crippen molar-refractivity contribution in [1.29, 1.82) is 0 Å². The fourth-order valence-electron chi connectivity index (χ4n) is 2.59. The van der Waals surface area contributed by atoms with E-state index in [1.165, 1.54) is 7.11 Å². The minimum absolute atomic E-state index is 0.279. The molecule has 0 amide bonds. The summed E-state index contributed by atoms with van der Waals surface area (Å²) in [4.78, 5) is 11.5. The Bertz CT molecular complexity index is 440. The molecule has 0 aliphatic heterocycles. The molecule has 21 heavy (non-hydrogen) atoms. The van der Waals surface area contributed by atoms with Gasteiger partial charge >= 0.3 is 5.97 Å². The standard InChI is InChI=1S/C17H28O4/c1-15(2,19)9-6-10-17(4,20)16(3)11-7-13(8-12-16)14(18)21-5/h6-7,9,19-20H,8,10-12H2,1-5H3/b9-6+/t16-,17-/m0/s1. The Labute approximate surface area is 127 Å². The number of ether oxygens (including phenoxy) is 1. The summed E-state index contributed by atoms with van der Waals surface area (Å²) in [5.41, 5.74) is -1.37. The van der Waals surface area contributed by atoms with Crippen molar-refractivity contribution in [3.8, 4) is 0 Å². The smallest absolute Gasteiger partial charge is 0.333 e. The van der Waals surface area contributed by atoms with Crippen LogP contribution in [-0.2, 0) is 9.53 Å². The Hall–Kier alpha value is -1.13. The van der Waals surface area contributed by atoms with Crippen LogP contribution in [0.1, 0.15) is 53.4 Å². The molecule has 4 nitrogen and oxygen atoms in total. The summed E-state index contributed by atoms with van der Waals surface area (Å²) in [6.07, 6.45) is 7.86. The molecular weight excluding hydrogens is 268 g/mol. The predicted molar refractivity (Wildman–Crippen MR) is 82.7 cm³/mol. The summed E-state index contributed by atoms with van der Waals surface area (Å²) in [7, 11) is 1.38. The number of carbonyl (C=O) groups excluding carboxylic acids is 1. The van der Waals surface area contributed by atoms with Crippen LogP contribution in [0, 0.1) is 5.41 Å². The molecule has 0 unspecified atom stereocenters. The van der Waals surface area contributed by atoms with Gasteiger partial charge in [0.15, 0.2) is 0 Å². The zero-order valence-electron chi connectivity index (χ0n) is 13.8. The molecule has 0 spiro atoms. The molecule has 0 bridgehead atoms. The van der Waals surface area contributed by atoms with E-state index in [1.807, 2.05) is 26.0 Å². The molecule has 0 aromatic carbocycles. The lowest BCUT2D eigenvalue weighted by atomic mass is 9.64. The molecule has 0 radical (unpaired) electrons. The summed E-state index contributed by atoms with van der Waals surface area (Å²) in [5.74, 6) is -0.279. The summed E-state index contributed by atoms with van der Waals surface area (Å²) in [6, 6.07) is 0. The molecule has 0 aromatic rings. The van der Waals surface area contributed by atoms with Crippen LogP contribution in [-0.4, -0.2) is 34.5 Å². The van der Waals surface area contributed by atoms with Gasteiger partial charge in [0.2, 0.25) is 0 Å². The highest BCUT2D eigenvalue weighted by Gasteiger charge is 2.43. The summed E-state index contributed by atoms with van der Waals surface area (Å²) in [6.45, 7) is 7.26. The van der Waals surface area contributed by atoms with Gasteiger partial charge < -0.3 is 14.9 Å². The van der Waals surface area contributed by atoms with Crippen molar-refractivity contribution in [3.63, 3.8) is 0 Å². The maximum atomic E-state index is 11.5. The van der Waals surface area contributed by atoms with Gasteiger partial charge in [-0.25, -0.2) is 4.79 Å². The number of methoxy groups -OCH3 is 1. The zero-order chi connectivity index (χ0) is 16.3. The van der Waals surface area contributed by atoms with Crippen molar-refractivity contribution >= 4 is 5.97 Å². The first-order valence-electron chi connectivity index (χ1n) is 7.41. The molecule has 1 aliphatic carbocycles. The van der Waals surface area contributed by atoms with E-state index < -0.39 is 11.2 Å². The third-order valence-corrected chi connectivity index (χ3v) is 4.53. The van der Waals surface area contributed by atoms with Gasteiger partial charge in [0, 0.05) is 11.0 Å². The lowest BCUT2D eigenvalue weighted by molar-refractivity contribution is -0.137. The molecule has 1 aliphatic rings. The van der Waals surface area contributed by atoms with Crippen molar-refractivity contribution in [2.75, 3.05) is 7.11 Å². The fraction of sp³-hybridized carbons (Fsp3) is 0.706. The number of hydrogen-bond donors (Lipinski definition) is 2. The maximum Gasteiger partial charge on any atom is 0.333 e. The quantitative estimate of drug-likeness (QED) is 0.605. The average molecular weight is 296 g/mol. The third-order valence-electron chi connectivity index (χ3n) is 4.53. The number of rotatable bonds is 5. The molecular formula is C17H28O4. The van der Waals surface area contributed by atoms with E-state index in [4.69, 9.17) is 4.74 Å². The monoisotopic (exact) mass is 296 g/mol. The van der Waals surface area contributed by atoms with Crippen LogP contribution in [0.3, 0.4) is 0 Å². The number of hydrogen-bond acceptors (Lipinski definition) is 4. The van der Waals surface area contributed by atoms with Gasteiger partial charge in [-0.2, -0.15) is 0 Å². The Morgan fingerprint density at radius 1 is 1.43 bits per heavy atom. The highest BCUT2D eigenvalue weighted by Crippen LogP contribution is 2.45. The third kappa shape index (κ3) is 4.68. The molecule has 120 valence electrons. The summed E-state index contributed by atoms with van der Waals surface area (Å²) in [5, 5.41) is 20.5. The number of esters is 1. The SMILES string of the molecule is COC(=O)C1=CC[C@](C)([C@@](C)(O)C/C=C/C(C)(C)O)CC1. The molecule has 2 N–H and O–H groups in total. The van der Waals surface area contributed by atoms with Crippen LogP contribution >= 0.6 is 0 Å². The average Bonchev–Trinajstić information content (AvgIpc) is 2.36. The fourth-order valence-corrected chi connectivity index (χ4v) is 2.59. The highest BCUT2D eigenvalue weighted by atomic mass is 16.5. The number of carbonyl (C=O) groups is 1. The lowest BCUT2D eigenvalue weighted by Crippen LogP contribution is -2.44. The van der Waals surface area contributed by atoms with E-state index in [0.29, 0.717) is 24.8 Å². The first-order chi connectivity index (χ1) is 9.51. The van der Waals surface area contributed by atoms with Gasteiger partial charge in [0.05, 0.1) is 18.3 Å². The Balaban J connectivity index is 2.77. The minimum Gasteiger partial charge on any atom is -0.466 e. The van der Waals surface area contributed by atoms with E-state index in [-0.39, 0.29) is 11.4 Å². The second kappa shape index (κ2) is 6.32. The molecule has 2 atom stereocenters. The van der Waals surface area contributed by atoms with Crippen LogP contribution in [0.5, 0.6) is 0 Å². The number of aliphatic hydroxyl groups is 2. The summed E-state index contributed by atoms with van der Waals surface area (Å²) < 4.78 is 4.74. The van der Waals surface area contributed by atoms with Crippen LogP contribution in [0.25, 0.3) is 0 Å². The maximum absolute atomic E-state index is 11.5. The second-order valence-electron chi connectivity index (χ2n) is 7.02. The van der Waals surface area contributed by atoms with Crippen molar-refractivity contribution in [2.24, 2.45) is 5.41 Å². The molecule has 4 heteroatoms. The molecule has 0 saturated heterocycles. The normalized spacial score (nSPS) is 26.3. The predicted octanol–water partition coefficient (Wildman–Crippen LogP) is 2.74. The van der Waals surface area contributed by atoms with Crippen molar-refractivity contribution in [2.45, 2.75) is 64.6 Å². The minimum atomic E-state index is -0.896. The van der Waals surface area contributed by atoms with Crippen molar-refractivity contribution in [1.82, 2.24) is 0 Å². The largest absolute Gasteiger partial charge is 0.466 e. The molecule has 0 saturated carbocycles. The molecule has 0 aromatic heterocycles. The van der Waals surface area contributed by atoms with Gasteiger partial charge in [-0.3, -0.25) is 0 Å². The Morgan fingerprint density at radius 3 is 2.48 bits per heavy atom. The van der Waals surface area contributed by atoms with Crippen LogP contribution < -0.4 is 0 Å². The topological polar surface area (TPSA) is 66.8 Å². The first-order valence-corrected chi connectivity index (χ1v) is 7.41. The zero-order valence-corrected chi connectivity index (χ0v) is 13.8. The van der Waals surface area contributed by atoms with E-state index in [1.54, 1.807) is 19.9 Å². The van der Waals surface area contributed by atoms with Crippen LogP contribution in [0.4, 0.5) is 0 Å². The molecule has 1 rings (SSSR count). The summed E-state index contributed by atoms with van der Waals surface area (Å²) >= 11 is 0. The molecule has 0 fully saturated rings. The van der Waals surface area contributed by atoms with Gasteiger partial charge in [-0.05, 0) is 46.5 Å². The van der Waals surface area contributed by atoms with Crippen LogP contribution in [0.2, 0.25) is 0 Å². The number of allylic oxidation sites excluding steroid dienone is 1. The van der Waals surface area contributed by atoms with E-state index in [2.05, 4.69) is 0 Å².